The van der Waals surface area contributed by atoms with E-state index in [-0.39, 0.29) is 0 Å². The maximum absolute atomic E-state index is 11.3. The van der Waals surface area contributed by atoms with Gasteiger partial charge in [-0.05, 0) is 18.6 Å². The summed E-state index contributed by atoms with van der Waals surface area (Å²) in [7, 11) is 0. The Kier molecular flexibility index (Phi) is 11.5. The molecule has 0 spiro atoms. The van der Waals surface area contributed by atoms with Gasteiger partial charge in [-0.25, -0.2) is 4.79 Å². The van der Waals surface area contributed by atoms with Crippen LogP contribution in [-0.2, 0) is 4.79 Å². The van der Waals surface area contributed by atoms with Crippen molar-refractivity contribution >= 4 is 5.97 Å². The summed E-state index contributed by atoms with van der Waals surface area (Å²) in [5.41, 5.74) is 0. The molecule has 0 atom stereocenters. The molecule has 0 heterocycles. The van der Waals surface area contributed by atoms with Gasteiger partial charge in [0.2, 0.25) is 0 Å². The van der Waals surface area contributed by atoms with E-state index >= 15 is 0 Å². The van der Waals surface area contributed by atoms with Crippen LogP contribution in [0.5, 0.6) is 11.5 Å². The standard InChI is InChI=1S/C21H32O3/c1-3-5-6-7-8-9-10-11-12-15-18-23-19-16-13-14-17-20(19)24-21(22)4-2/h4,13-14,16-17H,2-3,5-12,15,18H2,1H3. The van der Waals surface area contributed by atoms with Crippen molar-refractivity contribution < 1.29 is 14.3 Å². The topological polar surface area (TPSA) is 35.5 Å². The lowest BCUT2D eigenvalue weighted by molar-refractivity contribution is -0.129. The molecule has 0 fully saturated rings. The minimum absolute atomic E-state index is 0.453. The van der Waals surface area contributed by atoms with E-state index in [1.807, 2.05) is 18.2 Å². The molecule has 0 amide bonds. The Morgan fingerprint density at radius 2 is 1.46 bits per heavy atom. The molecule has 24 heavy (non-hydrogen) atoms. The molecular formula is C21H32O3. The van der Waals surface area contributed by atoms with Crippen molar-refractivity contribution in [2.75, 3.05) is 6.61 Å². The van der Waals surface area contributed by atoms with Crippen molar-refractivity contribution in [3.8, 4) is 11.5 Å². The highest BCUT2D eigenvalue weighted by Gasteiger charge is 2.07. The van der Waals surface area contributed by atoms with Crippen LogP contribution in [-0.4, -0.2) is 12.6 Å². The van der Waals surface area contributed by atoms with Crippen molar-refractivity contribution in [3.05, 3.63) is 36.9 Å². The van der Waals surface area contributed by atoms with Crippen LogP contribution in [0, 0.1) is 0 Å². The van der Waals surface area contributed by atoms with Crippen LogP contribution < -0.4 is 9.47 Å². The summed E-state index contributed by atoms with van der Waals surface area (Å²) in [5.74, 6) is 0.600. The first kappa shape index (κ1) is 20.3. The SMILES string of the molecule is C=CC(=O)Oc1ccccc1OCCCCCCCCCCCC. The molecule has 0 aliphatic carbocycles. The van der Waals surface area contributed by atoms with Crippen LogP contribution >= 0.6 is 0 Å². The third kappa shape index (κ3) is 9.39. The molecule has 0 saturated heterocycles. The number of unbranched alkanes of at least 4 members (excludes halogenated alkanes) is 9. The van der Waals surface area contributed by atoms with E-state index in [2.05, 4.69) is 13.5 Å². The molecule has 1 aromatic carbocycles. The number of hydrogen-bond acceptors (Lipinski definition) is 3. The average Bonchev–Trinajstić information content (AvgIpc) is 2.60. The molecule has 0 bridgehead atoms. The van der Waals surface area contributed by atoms with E-state index in [9.17, 15) is 4.79 Å². The molecule has 0 aliphatic rings. The molecule has 0 saturated carbocycles. The molecule has 3 nitrogen and oxygen atoms in total. The van der Waals surface area contributed by atoms with Gasteiger partial charge >= 0.3 is 5.97 Å². The maximum Gasteiger partial charge on any atom is 0.335 e. The maximum atomic E-state index is 11.3. The quantitative estimate of drug-likeness (QED) is 0.179. The van der Waals surface area contributed by atoms with Gasteiger partial charge in [-0.2, -0.15) is 0 Å². The van der Waals surface area contributed by atoms with Crippen molar-refractivity contribution in [1.82, 2.24) is 0 Å². The van der Waals surface area contributed by atoms with Crippen LogP contribution in [0.1, 0.15) is 71.1 Å². The van der Waals surface area contributed by atoms with E-state index in [0.717, 1.165) is 12.5 Å². The summed E-state index contributed by atoms with van der Waals surface area (Å²) in [5, 5.41) is 0. The van der Waals surface area contributed by atoms with E-state index in [1.54, 1.807) is 6.07 Å². The van der Waals surface area contributed by atoms with Crippen LogP contribution in [0.15, 0.2) is 36.9 Å². The molecule has 134 valence electrons. The number of ether oxygens (including phenoxy) is 2. The van der Waals surface area contributed by atoms with Crippen LogP contribution in [0.3, 0.4) is 0 Å². The van der Waals surface area contributed by atoms with Gasteiger partial charge in [0, 0.05) is 6.08 Å². The zero-order valence-corrected chi connectivity index (χ0v) is 15.1. The first-order valence-electron chi connectivity index (χ1n) is 9.34. The number of carbonyl (C=O) groups is 1. The summed E-state index contributed by atoms with van der Waals surface area (Å²) in [6.45, 7) is 6.31. The van der Waals surface area contributed by atoms with Crippen molar-refractivity contribution in [1.29, 1.82) is 0 Å². The predicted octanol–water partition coefficient (Wildman–Crippen LogP) is 6.08. The van der Waals surface area contributed by atoms with Crippen molar-refractivity contribution in [2.45, 2.75) is 71.1 Å². The molecule has 0 N–H and O–H groups in total. The Morgan fingerprint density at radius 1 is 0.917 bits per heavy atom. The normalized spacial score (nSPS) is 10.4. The largest absolute Gasteiger partial charge is 0.490 e. The monoisotopic (exact) mass is 332 g/mol. The number of hydrogen-bond donors (Lipinski definition) is 0. The third-order valence-electron chi connectivity index (χ3n) is 3.98. The second-order valence-corrected chi connectivity index (χ2v) is 6.10. The van der Waals surface area contributed by atoms with Crippen molar-refractivity contribution in [2.24, 2.45) is 0 Å². The first-order valence-corrected chi connectivity index (χ1v) is 9.34. The van der Waals surface area contributed by atoms with Gasteiger partial charge in [0.15, 0.2) is 11.5 Å². The fourth-order valence-corrected chi connectivity index (χ4v) is 2.58. The van der Waals surface area contributed by atoms with E-state index in [4.69, 9.17) is 9.47 Å². The molecule has 1 rings (SSSR count). The highest BCUT2D eigenvalue weighted by molar-refractivity contribution is 5.83. The van der Waals surface area contributed by atoms with Gasteiger partial charge in [0.05, 0.1) is 6.61 Å². The summed E-state index contributed by atoms with van der Waals surface area (Å²) in [6, 6.07) is 7.25. The number of para-hydroxylation sites is 2. The Hall–Kier alpha value is -1.77. The summed E-state index contributed by atoms with van der Waals surface area (Å²) < 4.78 is 10.9. The predicted molar refractivity (Wildman–Crippen MR) is 99.6 cm³/mol. The summed E-state index contributed by atoms with van der Waals surface area (Å²) >= 11 is 0. The van der Waals surface area contributed by atoms with E-state index in [0.29, 0.717) is 18.1 Å². The Labute approximate surface area is 147 Å². The smallest absolute Gasteiger partial charge is 0.335 e. The highest BCUT2D eigenvalue weighted by Crippen LogP contribution is 2.26. The number of rotatable bonds is 14. The second kappa shape index (κ2) is 13.6. The van der Waals surface area contributed by atoms with Gasteiger partial charge in [0.1, 0.15) is 0 Å². The van der Waals surface area contributed by atoms with Crippen LogP contribution in [0.25, 0.3) is 0 Å². The lowest BCUT2D eigenvalue weighted by Gasteiger charge is -2.10. The second-order valence-electron chi connectivity index (χ2n) is 6.10. The minimum atomic E-state index is -0.468. The van der Waals surface area contributed by atoms with E-state index < -0.39 is 5.97 Å². The Balaban J connectivity index is 2.09. The van der Waals surface area contributed by atoms with E-state index in [1.165, 1.54) is 57.8 Å². The molecule has 3 heteroatoms. The minimum Gasteiger partial charge on any atom is -0.490 e. The van der Waals surface area contributed by atoms with Gasteiger partial charge in [0.25, 0.3) is 0 Å². The molecule has 0 aromatic heterocycles. The fraction of sp³-hybridized carbons (Fsp3) is 0.571. The third-order valence-corrected chi connectivity index (χ3v) is 3.98. The number of carbonyl (C=O) groups excluding carboxylic acids is 1. The van der Waals surface area contributed by atoms with Gasteiger partial charge in [-0.15, -0.1) is 0 Å². The fourth-order valence-electron chi connectivity index (χ4n) is 2.58. The zero-order chi connectivity index (χ0) is 17.5. The van der Waals surface area contributed by atoms with Crippen molar-refractivity contribution in [3.63, 3.8) is 0 Å². The van der Waals surface area contributed by atoms with Gasteiger partial charge in [-0.3, -0.25) is 0 Å². The Morgan fingerprint density at radius 3 is 2.04 bits per heavy atom. The molecule has 0 radical (unpaired) electrons. The summed E-state index contributed by atoms with van der Waals surface area (Å²) in [6.07, 6.45) is 14.1. The molecule has 0 aliphatic heterocycles. The molecular weight excluding hydrogens is 300 g/mol. The number of esters is 1. The molecule has 0 unspecified atom stereocenters. The van der Waals surface area contributed by atoms with Gasteiger partial charge < -0.3 is 9.47 Å². The average molecular weight is 332 g/mol. The van der Waals surface area contributed by atoms with Gasteiger partial charge in [-0.1, -0.05) is 83.4 Å². The van der Waals surface area contributed by atoms with Crippen LogP contribution in [0.2, 0.25) is 0 Å². The molecule has 1 aromatic rings. The lowest BCUT2D eigenvalue weighted by atomic mass is 10.1. The number of benzene rings is 1. The first-order chi connectivity index (χ1) is 11.8. The zero-order valence-electron chi connectivity index (χ0n) is 15.1. The Bertz CT molecular complexity index is 468. The van der Waals surface area contributed by atoms with Crippen LogP contribution in [0.4, 0.5) is 0 Å². The summed E-state index contributed by atoms with van der Waals surface area (Å²) in [4.78, 5) is 11.3. The highest BCUT2D eigenvalue weighted by atomic mass is 16.6. The lowest BCUT2D eigenvalue weighted by Crippen LogP contribution is -2.06.